The van der Waals surface area contributed by atoms with Crippen LogP contribution < -0.4 is 10.6 Å². The number of rotatable bonds is 2. The van der Waals surface area contributed by atoms with Crippen molar-refractivity contribution in [2.24, 2.45) is 0 Å². The molecule has 2 N–H and O–H groups in total. The van der Waals surface area contributed by atoms with Crippen LogP contribution in [0.15, 0.2) is 18.2 Å². The van der Waals surface area contributed by atoms with Gasteiger partial charge in [-0.05, 0) is 45.2 Å². The zero-order valence-corrected chi connectivity index (χ0v) is 11.3. The molecule has 1 rings (SSSR count). The summed E-state index contributed by atoms with van der Waals surface area (Å²) >= 11 is 0. The smallest absolute Gasteiger partial charge is 0.319 e. The fourth-order valence-electron chi connectivity index (χ4n) is 1.69. The van der Waals surface area contributed by atoms with E-state index in [1.165, 1.54) is 0 Å². The lowest BCUT2D eigenvalue weighted by molar-refractivity contribution is 0.244. The minimum Gasteiger partial charge on any atom is -0.333 e. The average molecular weight is 234 g/mol. The summed E-state index contributed by atoms with van der Waals surface area (Å²) in [5.41, 5.74) is 2.96. The number of hydrogen-bond acceptors (Lipinski definition) is 1. The van der Waals surface area contributed by atoms with E-state index in [1.54, 1.807) is 0 Å². The number of carbonyl (C=O) groups excluding carboxylic acids is 1. The third-order valence-electron chi connectivity index (χ3n) is 2.47. The maximum absolute atomic E-state index is 11.8. The van der Waals surface area contributed by atoms with Crippen molar-refractivity contribution in [1.82, 2.24) is 5.32 Å². The number of aryl methyl sites for hydroxylation is 2. The van der Waals surface area contributed by atoms with Crippen LogP contribution in [0.25, 0.3) is 0 Å². The molecule has 0 radical (unpaired) electrons. The van der Waals surface area contributed by atoms with Crippen LogP contribution in [0, 0.1) is 6.92 Å². The van der Waals surface area contributed by atoms with Gasteiger partial charge < -0.3 is 10.6 Å². The van der Waals surface area contributed by atoms with Crippen molar-refractivity contribution in [3.8, 4) is 0 Å². The largest absolute Gasteiger partial charge is 0.333 e. The van der Waals surface area contributed by atoms with Crippen molar-refractivity contribution in [2.75, 3.05) is 5.32 Å². The van der Waals surface area contributed by atoms with E-state index in [0.717, 1.165) is 23.2 Å². The minimum atomic E-state index is -0.223. The molecular weight excluding hydrogens is 212 g/mol. The van der Waals surface area contributed by atoms with Crippen LogP contribution in [0.2, 0.25) is 0 Å². The maximum Gasteiger partial charge on any atom is 0.319 e. The predicted octanol–water partition coefficient (Wildman–Crippen LogP) is 3.48. The Morgan fingerprint density at radius 3 is 2.47 bits per heavy atom. The van der Waals surface area contributed by atoms with E-state index < -0.39 is 0 Å². The number of anilines is 1. The second-order valence-electron chi connectivity index (χ2n) is 5.29. The van der Waals surface area contributed by atoms with Crippen molar-refractivity contribution in [3.63, 3.8) is 0 Å². The Labute approximate surface area is 104 Å². The lowest BCUT2D eigenvalue weighted by atomic mass is 10.1. The van der Waals surface area contributed by atoms with Crippen molar-refractivity contribution >= 4 is 11.7 Å². The number of benzene rings is 1. The topological polar surface area (TPSA) is 41.1 Å². The van der Waals surface area contributed by atoms with Gasteiger partial charge in [-0.3, -0.25) is 0 Å². The Balaban J connectivity index is 2.84. The molecule has 0 aliphatic heterocycles. The Morgan fingerprint density at radius 2 is 1.94 bits per heavy atom. The van der Waals surface area contributed by atoms with Crippen LogP contribution in [0.1, 0.15) is 38.8 Å². The van der Waals surface area contributed by atoms with Crippen molar-refractivity contribution in [1.29, 1.82) is 0 Å². The molecule has 0 aromatic heterocycles. The van der Waals surface area contributed by atoms with E-state index in [-0.39, 0.29) is 11.6 Å². The lowest BCUT2D eigenvalue weighted by Gasteiger charge is -2.22. The number of para-hydroxylation sites is 1. The van der Waals surface area contributed by atoms with E-state index in [4.69, 9.17) is 0 Å². The minimum absolute atomic E-state index is 0.151. The van der Waals surface area contributed by atoms with Crippen LogP contribution in [0.5, 0.6) is 0 Å². The van der Waals surface area contributed by atoms with Crippen LogP contribution in [0.3, 0.4) is 0 Å². The van der Waals surface area contributed by atoms with Crippen molar-refractivity contribution in [3.05, 3.63) is 29.3 Å². The highest BCUT2D eigenvalue weighted by Gasteiger charge is 2.15. The van der Waals surface area contributed by atoms with Gasteiger partial charge in [-0.2, -0.15) is 0 Å². The van der Waals surface area contributed by atoms with Crippen molar-refractivity contribution < 1.29 is 4.79 Å². The summed E-state index contributed by atoms with van der Waals surface area (Å²) in [5, 5.41) is 5.83. The summed E-state index contributed by atoms with van der Waals surface area (Å²) in [6.07, 6.45) is 0.910. The molecular formula is C14H22N2O. The standard InChI is InChI=1S/C14H22N2O/c1-6-11-9-7-8-10(2)12(11)15-13(17)16-14(3,4)5/h7-9H,6H2,1-5H3,(H2,15,16,17). The predicted molar refractivity (Wildman–Crippen MR) is 72.5 cm³/mol. The third kappa shape index (κ3) is 4.10. The quantitative estimate of drug-likeness (QED) is 0.808. The van der Waals surface area contributed by atoms with Gasteiger partial charge in [0.2, 0.25) is 0 Å². The summed E-state index contributed by atoms with van der Waals surface area (Å²) in [7, 11) is 0. The van der Waals surface area contributed by atoms with Gasteiger partial charge in [0, 0.05) is 11.2 Å². The van der Waals surface area contributed by atoms with Gasteiger partial charge in [-0.1, -0.05) is 25.1 Å². The van der Waals surface area contributed by atoms with E-state index in [2.05, 4.69) is 17.6 Å². The molecule has 0 heterocycles. The van der Waals surface area contributed by atoms with Gasteiger partial charge in [0.15, 0.2) is 0 Å². The summed E-state index contributed by atoms with van der Waals surface area (Å²) < 4.78 is 0. The van der Waals surface area contributed by atoms with Crippen molar-refractivity contribution in [2.45, 2.75) is 46.6 Å². The molecule has 0 saturated heterocycles. The normalized spacial score (nSPS) is 11.1. The summed E-state index contributed by atoms with van der Waals surface area (Å²) in [6, 6.07) is 5.91. The first-order valence-corrected chi connectivity index (χ1v) is 6.01. The SMILES string of the molecule is CCc1cccc(C)c1NC(=O)NC(C)(C)C. The zero-order valence-electron chi connectivity index (χ0n) is 11.3. The number of urea groups is 1. The van der Waals surface area contributed by atoms with Gasteiger partial charge in [-0.25, -0.2) is 4.79 Å². The summed E-state index contributed by atoms with van der Waals surface area (Å²) in [5.74, 6) is 0. The molecule has 0 bridgehead atoms. The molecule has 2 amide bonds. The van der Waals surface area contributed by atoms with Crippen LogP contribution in [0.4, 0.5) is 10.5 Å². The molecule has 0 atom stereocenters. The molecule has 0 saturated carbocycles. The highest BCUT2D eigenvalue weighted by atomic mass is 16.2. The first kappa shape index (κ1) is 13.6. The van der Waals surface area contributed by atoms with E-state index >= 15 is 0 Å². The molecule has 1 aromatic carbocycles. The second kappa shape index (κ2) is 5.21. The fourth-order valence-corrected chi connectivity index (χ4v) is 1.69. The molecule has 94 valence electrons. The zero-order chi connectivity index (χ0) is 13.1. The van der Waals surface area contributed by atoms with Gasteiger partial charge in [0.1, 0.15) is 0 Å². The number of hydrogen-bond donors (Lipinski definition) is 2. The van der Waals surface area contributed by atoms with Crippen LogP contribution in [-0.4, -0.2) is 11.6 Å². The van der Waals surface area contributed by atoms with Crippen LogP contribution in [-0.2, 0) is 6.42 Å². The number of carbonyl (C=O) groups is 1. The lowest BCUT2D eigenvalue weighted by Crippen LogP contribution is -2.43. The van der Waals surface area contributed by atoms with E-state index in [9.17, 15) is 4.79 Å². The van der Waals surface area contributed by atoms with Gasteiger partial charge in [-0.15, -0.1) is 0 Å². The van der Waals surface area contributed by atoms with Crippen LogP contribution >= 0.6 is 0 Å². The summed E-state index contributed by atoms with van der Waals surface area (Å²) in [6.45, 7) is 9.98. The van der Waals surface area contributed by atoms with Gasteiger partial charge in [0.25, 0.3) is 0 Å². The fraction of sp³-hybridized carbons (Fsp3) is 0.500. The molecule has 3 heteroatoms. The number of amides is 2. The Morgan fingerprint density at radius 1 is 1.29 bits per heavy atom. The maximum atomic E-state index is 11.8. The average Bonchev–Trinajstić information content (AvgIpc) is 2.18. The molecule has 17 heavy (non-hydrogen) atoms. The molecule has 1 aromatic rings. The van der Waals surface area contributed by atoms with E-state index in [1.807, 2.05) is 45.9 Å². The van der Waals surface area contributed by atoms with Gasteiger partial charge >= 0.3 is 6.03 Å². The first-order valence-electron chi connectivity index (χ1n) is 6.01. The Bertz CT molecular complexity index is 405. The molecule has 0 spiro atoms. The third-order valence-corrected chi connectivity index (χ3v) is 2.47. The highest BCUT2D eigenvalue weighted by molar-refractivity contribution is 5.91. The second-order valence-corrected chi connectivity index (χ2v) is 5.29. The first-order chi connectivity index (χ1) is 7.83. The molecule has 0 aliphatic carbocycles. The molecule has 0 aliphatic rings. The highest BCUT2D eigenvalue weighted by Crippen LogP contribution is 2.21. The number of nitrogens with one attached hydrogen (secondary N) is 2. The monoisotopic (exact) mass is 234 g/mol. The van der Waals surface area contributed by atoms with Gasteiger partial charge in [0.05, 0.1) is 0 Å². The Kier molecular flexibility index (Phi) is 4.16. The van der Waals surface area contributed by atoms with E-state index in [0.29, 0.717) is 0 Å². The molecule has 3 nitrogen and oxygen atoms in total. The molecule has 0 fully saturated rings. The Hall–Kier alpha value is -1.51. The summed E-state index contributed by atoms with van der Waals surface area (Å²) in [4.78, 5) is 11.8. The molecule has 0 unspecified atom stereocenters.